The van der Waals surface area contributed by atoms with Gasteiger partial charge in [-0.05, 0) is 48.5 Å². The Morgan fingerprint density at radius 2 is 0.688 bits per heavy atom. The average Bonchev–Trinajstić information content (AvgIpc) is 3.30. The summed E-state index contributed by atoms with van der Waals surface area (Å²) in [6.45, 7) is 1.85. The van der Waals surface area contributed by atoms with Crippen molar-refractivity contribution in [3.8, 4) is 23.0 Å². The van der Waals surface area contributed by atoms with Crippen molar-refractivity contribution in [1.29, 1.82) is 0 Å². The standard InChI is InChI=1S/4C11H11N3O.2Ag.2H2O/c4*15-10-5-2-1-4-9(10)8-14-11-12-6-3-7-13-11;;;;/h4*1-7,15H,8H2,(H,12,13,14);;;2*1H2. The van der Waals surface area contributed by atoms with Crippen LogP contribution in [0.15, 0.2) is 181 Å². The van der Waals surface area contributed by atoms with E-state index in [0.717, 1.165) is 22.3 Å². The second-order valence-corrected chi connectivity index (χ2v) is 12.2. The van der Waals surface area contributed by atoms with Crippen molar-refractivity contribution in [2.45, 2.75) is 26.2 Å². The third-order valence-electron chi connectivity index (χ3n) is 7.95. The number of phenolic OH excluding ortho intramolecular Hbond substituents is 4. The van der Waals surface area contributed by atoms with Crippen LogP contribution in [-0.2, 0) is 70.9 Å². The number of benzene rings is 4. The molecule has 20 heteroatoms. The van der Waals surface area contributed by atoms with Crippen molar-refractivity contribution < 1.29 is 76.1 Å². The summed E-state index contributed by atoms with van der Waals surface area (Å²) in [5.74, 6) is 2.19. The first-order valence-corrected chi connectivity index (χ1v) is 18.5. The average molecular weight is 1060 g/mol. The summed E-state index contributed by atoms with van der Waals surface area (Å²) < 4.78 is 0. The monoisotopic (exact) mass is 1050 g/mol. The normalized spacial score (nSPS) is 10.1. The number of nitrogens with one attached hydrogen (secondary N) is 4. The van der Waals surface area contributed by atoms with Crippen molar-refractivity contribution in [2.75, 3.05) is 10.6 Å². The van der Waals surface area contributed by atoms with Crippen LogP contribution < -0.4 is 21.9 Å². The first kappa shape index (κ1) is 55.0. The van der Waals surface area contributed by atoms with Gasteiger partial charge in [-0.15, -0.1) is 0 Å². The number of anilines is 2. The maximum absolute atomic E-state index is 9.51. The van der Waals surface area contributed by atoms with Crippen LogP contribution in [0.3, 0.4) is 0 Å². The zero-order valence-electron chi connectivity index (χ0n) is 34.0. The van der Waals surface area contributed by atoms with Gasteiger partial charge in [0.25, 0.3) is 0 Å². The second kappa shape index (κ2) is 31.8. The van der Waals surface area contributed by atoms with Crippen LogP contribution in [0, 0.1) is 0 Å². The quantitative estimate of drug-likeness (QED) is 0.0887. The Morgan fingerprint density at radius 3 is 0.984 bits per heavy atom. The molecular formula is C44H48Ag2N12O6. The fourth-order valence-electron chi connectivity index (χ4n) is 4.87. The van der Waals surface area contributed by atoms with Gasteiger partial charge in [-0.1, -0.05) is 72.8 Å². The summed E-state index contributed by atoms with van der Waals surface area (Å²) >= 11 is 0. The van der Waals surface area contributed by atoms with Gasteiger partial charge in [0.1, 0.15) is 23.0 Å². The first-order chi connectivity index (χ1) is 29.4. The molecule has 0 atom stereocenters. The van der Waals surface area contributed by atoms with E-state index in [0.29, 0.717) is 49.3 Å². The van der Waals surface area contributed by atoms with E-state index < -0.39 is 0 Å². The molecule has 0 saturated heterocycles. The Labute approximate surface area is 399 Å². The zero-order chi connectivity index (χ0) is 42.0. The van der Waals surface area contributed by atoms with Crippen LogP contribution in [-0.4, -0.2) is 71.3 Å². The van der Waals surface area contributed by atoms with E-state index in [1.165, 1.54) is 0 Å². The van der Waals surface area contributed by atoms with Crippen molar-refractivity contribution in [2.24, 2.45) is 9.98 Å². The molecule has 0 aliphatic rings. The molecule has 0 bridgehead atoms. The third-order valence-corrected chi connectivity index (χ3v) is 7.95. The van der Waals surface area contributed by atoms with E-state index in [4.69, 9.17) is 0 Å². The molecule has 0 unspecified atom stereocenters. The minimum absolute atomic E-state index is 0. The molecule has 0 saturated carbocycles. The van der Waals surface area contributed by atoms with E-state index in [9.17, 15) is 20.4 Å². The molecule has 12 N–H and O–H groups in total. The molecule has 0 spiro atoms. The third kappa shape index (κ3) is 20.2. The summed E-state index contributed by atoms with van der Waals surface area (Å²) in [6.07, 6.45) is 13.5. The molecule has 0 aliphatic heterocycles. The molecule has 64 heavy (non-hydrogen) atoms. The summed E-state index contributed by atoms with van der Waals surface area (Å²) in [7, 11) is 0. The van der Waals surface area contributed by atoms with Gasteiger partial charge < -0.3 is 52.0 Å². The van der Waals surface area contributed by atoms with E-state index >= 15 is 0 Å². The number of hydrogen-bond donors (Lipinski definition) is 8. The van der Waals surface area contributed by atoms with Crippen molar-refractivity contribution in [1.82, 2.24) is 39.9 Å². The Balaban J connectivity index is 0.000000418. The topological polar surface area (TPSA) is 302 Å². The molecule has 8 rings (SSSR count). The Kier molecular flexibility index (Phi) is 27.3. The minimum Gasteiger partial charge on any atom is -0.508 e. The van der Waals surface area contributed by atoms with Gasteiger partial charge in [0, 0.05) is 130 Å². The van der Waals surface area contributed by atoms with Crippen LogP contribution in [0.4, 0.5) is 11.9 Å². The number of hydrogen-bond acceptors (Lipinski definition) is 14. The predicted octanol–water partition coefficient (Wildman–Crippen LogP) is 4.37. The first-order valence-electron chi connectivity index (χ1n) is 18.5. The zero-order valence-corrected chi connectivity index (χ0v) is 36.9. The Morgan fingerprint density at radius 1 is 0.391 bits per heavy atom. The van der Waals surface area contributed by atoms with Gasteiger partial charge >= 0.3 is 0 Å². The molecule has 4 aromatic heterocycles. The molecule has 0 fully saturated rings. The summed E-state index contributed by atoms with van der Waals surface area (Å²) in [5, 5.41) is 44.1. The number of rotatable bonds is 10. The molecule has 18 nitrogen and oxygen atoms in total. The number of phenols is 4. The van der Waals surface area contributed by atoms with E-state index in [1.807, 2.05) is 48.5 Å². The number of aromatic hydroxyl groups is 4. The van der Waals surface area contributed by atoms with E-state index in [1.54, 1.807) is 122 Å². The van der Waals surface area contributed by atoms with Gasteiger partial charge in [0.15, 0.2) is 0 Å². The van der Waals surface area contributed by atoms with E-state index in [2.05, 4.69) is 60.5 Å². The molecule has 0 aliphatic carbocycles. The van der Waals surface area contributed by atoms with Crippen molar-refractivity contribution in [3.63, 3.8) is 0 Å². The van der Waals surface area contributed by atoms with Crippen LogP contribution in [0.5, 0.6) is 23.0 Å². The van der Waals surface area contributed by atoms with Crippen molar-refractivity contribution >= 4 is 11.9 Å². The molecular weight excluding hydrogens is 1010 g/mol. The molecule has 0 amide bonds. The SMILES string of the molecule is O.O.Oc1ccccc1CN=c1nccc[nH]1.Oc1ccccc1CN=c1nccc[nH]1.Oc1ccccc1CNc1ncccn1.Oc1ccccc1CNc1ncccn1.[Ag].[Ag]. The van der Waals surface area contributed by atoms with Gasteiger partial charge in [-0.2, -0.15) is 0 Å². The summed E-state index contributed by atoms with van der Waals surface area (Å²) in [4.78, 5) is 38.3. The summed E-state index contributed by atoms with van der Waals surface area (Å²) in [6, 6.07) is 35.7. The molecule has 342 valence electrons. The number of aromatic nitrogens is 8. The van der Waals surface area contributed by atoms with E-state index in [-0.39, 0.29) is 78.7 Å². The van der Waals surface area contributed by atoms with Crippen LogP contribution in [0.1, 0.15) is 22.3 Å². The van der Waals surface area contributed by atoms with Gasteiger partial charge in [0.05, 0.1) is 13.1 Å². The predicted molar refractivity (Wildman–Crippen MR) is 234 cm³/mol. The molecule has 8 aromatic rings. The molecule has 4 heterocycles. The van der Waals surface area contributed by atoms with Crippen molar-refractivity contribution in [3.05, 3.63) is 204 Å². The number of aromatic amines is 2. The maximum Gasteiger partial charge on any atom is 0.222 e. The van der Waals surface area contributed by atoms with Gasteiger partial charge in [0.2, 0.25) is 23.1 Å². The fraction of sp³-hybridized carbons (Fsp3) is 0.0909. The second-order valence-electron chi connectivity index (χ2n) is 12.2. The number of para-hydroxylation sites is 4. The van der Waals surface area contributed by atoms with Crippen LogP contribution in [0.2, 0.25) is 0 Å². The fourth-order valence-corrected chi connectivity index (χ4v) is 4.87. The maximum atomic E-state index is 9.51. The Bertz CT molecular complexity index is 2400. The number of H-pyrrole nitrogens is 2. The van der Waals surface area contributed by atoms with Crippen LogP contribution >= 0.6 is 0 Å². The van der Waals surface area contributed by atoms with Gasteiger partial charge in [-0.25, -0.2) is 39.9 Å². The Hall–Kier alpha value is -7.00. The summed E-state index contributed by atoms with van der Waals surface area (Å²) in [5.41, 5.74) is 4.34. The largest absolute Gasteiger partial charge is 0.508 e. The molecule has 4 aromatic carbocycles. The number of nitrogens with zero attached hydrogens (tertiary/aromatic N) is 8. The minimum atomic E-state index is 0. The van der Waals surface area contributed by atoms with Crippen LogP contribution in [0.25, 0.3) is 0 Å². The smallest absolute Gasteiger partial charge is 0.222 e. The van der Waals surface area contributed by atoms with Gasteiger partial charge in [-0.3, -0.25) is 0 Å². The molecule has 2 radical (unpaired) electrons.